The second-order valence-electron chi connectivity index (χ2n) is 8.80. The third kappa shape index (κ3) is 5.62. The van der Waals surface area contributed by atoms with Crippen LogP contribution in [-0.4, -0.2) is 41.8 Å². The summed E-state index contributed by atoms with van der Waals surface area (Å²) >= 11 is 11.7. The fourth-order valence-electron chi connectivity index (χ4n) is 4.85. The summed E-state index contributed by atoms with van der Waals surface area (Å²) in [5, 5.41) is 7.90. The molecule has 2 aromatic rings. The van der Waals surface area contributed by atoms with Gasteiger partial charge in [0.2, 0.25) is 11.8 Å². The monoisotopic (exact) mass is 473 g/mol. The first kappa shape index (κ1) is 23.1. The summed E-state index contributed by atoms with van der Waals surface area (Å²) in [6.45, 7) is 2.78. The highest BCUT2D eigenvalue weighted by molar-refractivity contribution is 7.80. The SMILES string of the molecule is COc1cc(N2CCCCCC2)nc(NC(=S)NCC2(c3ccc(Cl)cc3)CCCC2)n1. The highest BCUT2D eigenvalue weighted by Gasteiger charge is 2.35. The van der Waals surface area contributed by atoms with E-state index >= 15 is 0 Å². The zero-order valence-electron chi connectivity index (χ0n) is 18.7. The lowest BCUT2D eigenvalue weighted by Crippen LogP contribution is -2.41. The Hall–Kier alpha value is -2.12. The average molecular weight is 474 g/mol. The van der Waals surface area contributed by atoms with E-state index in [1.165, 1.54) is 44.1 Å². The maximum Gasteiger partial charge on any atom is 0.234 e. The van der Waals surface area contributed by atoms with Crippen molar-refractivity contribution >= 4 is 40.7 Å². The molecular weight excluding hydrogens is 442 g/mol. The van der Waals surface area contributed by atoms with Crippen LogP contribution in [0.4, 0.5) is 11.8 Å². The van der Waals surface area contributed by atoms with Crippen molar-refractivity contribution in [2.45, 2.75) is 56.8 Å². The molecule has 0 unspecified atom stereocenters. The van der Waals surface area contributed by atoms with E-state index in [9.17, 15) is 0 Å². The minimum atomic E-state index is 0.0722. The average Bonchev–Trinajstić information content (AvgIpc) is 3.12. The number of benzene rings is 1. The van der Waals surface area contributed by atoms with Crippen molar-refractivity contribution in [2.75, 3.05) is 37.0 Å². The van der Waals surface area contributed by atoms with Crippen LogP contribution in [0.1, 0.15) is 56.9 Å². The van der Waals surface area contributed by atoms with Gasteiger partial charge in [0.25, 0.3) is 0 Å². The van der Waals surface area contributed by atoms with Gasteiger partial charge in [0.1, 0.15) is 5.82 Å². The summed E-state index contributed by atoms with van der Waals surface area (Å²) in [5.41, 5.74) is 1.39. The van der Waals surface area contributed by atoms with Crippen LogP contribution in [0.5, 0.6) is 5.88 Å². The van der Waals surface area contributed by atoms with Gasteiger partial charge in [0, 0.05) is 36.1 Å². The quantitative estimate of drug-likeness (QED) is 0.550. The van der Waals surface area contributed by atoms with Crippen LogP contribution in [0.2, 0.25) is 5.02 Å². The number of nitrogens with zero attached hydrogens (tertiary/aromatic N) is 3. The van der Waals surface area contributed by atoms with Gasteiger partial charge in [-0.2, -0.15) is 9.97 Å². The van der Waals surface area contributed by atoms with Crippen molar-refractivity contribution in [3.63, 3.8) is 0 Å². The van der Waals surface area contributed by atoms with E-state index in [1.807, 2.05) is 18.2 Å². The molecule has 2 fully saturated rings. The van der Waals surface area contributed by atoms with Gasteiger partial charge in [-0.05, 0) is 55.6 Å². The summed E-state index contributed by atoms with van der Waals surface area (Å²) in [6.07, 6.45) is 9.63. The fraction of sp³-hybridized carbons (Fsp3) is 0.542. The van der Waals surface area contributed by atoms with Gasteiger partial charge in [-0.1, -0.05) is 49.4 Å². The maximum atomic E-state index is 6.11. The lowest BCUT2D eigenvalue weighted by Gasteiger charge is -2.30. The van der Waals surface area contributed by atoms with Crippen LogP contribution in [0.25, 0.3) is 0 Å². The summed E-state index contributed by atoms with van der Waals surface area (Å²) in [6, 6.07) is 10.1. The molecule has 2 N–H and O–H groups in total. The number of thiocarbonyl (C=S) groups is 1. The highest BCUT2D eigenvalue weighted by Crippen LogP contribution is 2.41. The number of nitrogens with one attached hydrogen (secondary N) is 2. The van der Waals surface area contributed by atoms with Gasteiger partial charge >= 0.3 is 0 Å². The van der Waals surface area contributed by atoms with Crippen LogP contribution < -0.4 is 20.3 Å². The number of methoxy groups -OCH3 is 1. The lowest BCUT2D eigenvalue weighted by molar-refractivity contribution is 0.397. The molecule has 8 heteroatoms. The molecule has 2 heterocycles. The van der Waals surface area contributed by atoms with E-state index in [0.29, 0.717) is 16.9 Å². The van der Waals surface area contributed by atoms with Crippen molar-refractivity contribution in [3.8, 4) is 5.88 Å². The Labute approximate surface area is 201 Å². The van der Waals surface area contributed by atoms with Gasteiger partial charge < -0.3 is 20.3 Å². The van der Waals surface area contributed by atoms with Crippen LogP contribution >= 0.6 is 23.8 Å². The molecule has 0 bridgehead atoms. The predicted octanol–water partition coefficient (Wildman–Crippen LogP) is 5.32. The van der Waals surface area contributed by atoms with Crippen molar-refractivity contribution < 1.29 is 4.74 Å². The molecule has 1 aliphatic carbocycles. The first-order chi connectivity index (χ1) is 15.6. The zero-order chi connectivity index (χ0) is 22.4. The summed E-state index contributed by atoms with van der Waals surface area (Å²) in [5.74, 6) is 1.89. The van der Waals surface area contributed by atoms with Gasteiger partial charge in [0.15, 0.2) is 5.11 Å². The fourth-order valence-corrected chi connectivity index (χ4v) is 5.14. The maximum absolute atomic E-state index is 6.11. The molecule has 32 heavy (non-hydrogen) atoms. The lowest BCUT2D eigenvalue weighted by atomic mass is 9.79. The number of aromatic nitrogens is 2. The zero-order valence-corrected chi connectivity index (χ0v) is 20.3. The number of hydrogen-bond acceptors (Lipinski definition) is 5. The minimum absolute atomic E-state index is 0.0722. The van der Waals surface area contributed by atoms with Crippen LogP contribution in [0.15, 0.2) is 30.3 Å². The molecule has 0 atom stereocenters. The Bertz CT molecular complexity index is 909. The van der Waals surface area contributed by atoms with E-state index in [1.54, 1.807) is 7.11 Å². The molecule has 0 amide bonds. The molecule has 1 saturated carbocycles. The molecule has 0 spiro atoms. The van der Waals surface area contributed by atoms with Gasteiger partial charge in [0.05, 0.1) is 7.11 Å². The predicted molar refractivity (Wildman–Crippen MR) is 135 cm³/mol. The van der Waals surface area contributed by atoms with Crippen molar-refractivity contribution in [1.82, 2.24) is 15.3 Å². The number of ether oxygens (including phenoxy) is 1. The Morgan fingerprint density at radius 1 is 1.06 bits per heavy atom. The molecule has 0 radical (unpaired) electrons. The summed E-state index contributed by atoms with van der Waals surface area (Å²) in [7, 11) is 1.63. The molecular formula is C24H32ClN5OS. The largest absolute Gasteiger partial charge is 0.481 e. The van der Waals surface area contributed by atoms with Crippen molar-refractivity contribution in [3.05, 3.63) is 40.9 Å². The Morgan fingerprint density at radius 2 is 1.75 bits per heavy atom. The summed E-state index contributed by atoms with van der Waals surface area (Å²) in [4.78, 5) is 11.5. The second-order valence-corrected chi connectivity index (χ2v) is 9.64. The van der Waals surface area contributed by atoms with Crippen LogP contribution in [-0.2, 0) is 5.41 Å². The molecule has 1 saturated heterocycles. The van der Waals surface area contributed by atoms with Gasteiger partial charge in [-0.15, -0.1) is 0 Å². The molecule has 1 aromatic heterocycles. The molecule has 6 nitrogen and oxygen atoms in total. The summed E-state index contributed by atoms with van der Waals surface area (Å²) < 4.78 is 5.43. The Morgan fingerprint density at radius 3 is 2.41 bits per heavy atom. The highest BCUT2D eigenvalue weighted by atomic mass is 35.5. The number of rotatable bonds is 6. The van der Waals surface area contributed by atoms with E-state index in [4.69, 9.17) is 33.5 Å². The van der Waals surface area contributed by atoms with E-state index in [-0.39, 0.29) is 5.41 Å². The third-order valence-electron chi connectivity index (χ3n) is 6.66. The van der Waals surface area contributed by atoms with Gasteiger partial charge in [-0.25, -0.2) is 0 Å². The Kier molecular flexibility index (Phi) is 7.68. The molecule has 4 rings (SSSR count). The van der Waals surface area contributed by atoms with Crippen molar-refractivity contribution in [2.24, 2.45) is 0 Å². The molecule has 1 aliphatic heterocycles. The standard InChI is InChI=1S/C24H32ClN5OS/c1-31-21-16-20(30-14-6-2-3-7-15-30)27-22(28-21)29-23(32)26-17-24(12-4-5-13-24)18-8-10-19(25)11-9-18/h8-11,16H,2-7,12-15,17H2,1H3,(H2,26,27,28,29,32). The molecule has 172 valence electrons. The van der Waals surface area contributed by atoms with Crippen LogP contribution in [0.3, 0.4) is 0 Å². The van der Waals surface area contributed by atoms with Crippen molar-refractivity contribution in [1.29, 1.82) is 0 Å². The van der Waals surface area contributed by atoms with Gasteiger partial charge in [-0.3, -0.25) is 0 Å². The Balaban J connectivity index is 1.44. The van der Waals surface area contributed by atoms with E-state index in [0.717, 1.165) is 43.3 Å². The third-order valence-corrected chi connectivity index (χ3v) is 7.16. The van der Waals surface area contributed by atoms with Crippen LogP contribution in [0, 0.1) is 0 Å². The molecule has 2 aliphatic rings. The number of hydrogen-bond donors (Lipinski definition) is 2. The first-order valence-electron chi connectivity index (χ1n) is 11.6. The first-order valence-corrected chi connectivity index (χ1v) is 12.4. The minimum Gasteiger partial charge on any atom is -0.481 e. The second kappa shape index (κ2) is 10.7. The van der Waals surface area contributed by atoms with E-state index < -0.39 is 0 Å². The van der Waals surface area contributed by atoms with E-state index in [2.05, 4.69) is 32.7 Å². The molecule has 1 aromatic carbocycles. The normalized spacial score (nSPS) is 18.1. The smallest absolute Gasteiger partial charge is 0.234 e. The number of anilines is 2. The topological polar surface area (TPSA) is 62.3 Å². The number of halogens is 1.